The van der Waals surface area contributed by atoms with E-state index < -0.39 is 15.8 Å². The molecular weight excluding hydrogens is 265 g/mol. The van der Waals surface area contributed by atoms with Gasteiger partial charge in [-0.15, -0.1) is 0 Å². The van der Waals surface area contributed by atoms with Crippen molar-refractivity contribution in [2.24, 2.45) is 5.92 Å². The summed E-state index contributed by atoms with van der Waals surface area (Å²) in [6.07, 6.45) is 3.85. The predicted molar refractivity (Wildman–Crippen MR) is 72.8 cm³/mol. The molecule has 0 N–H and O–H groups in total. The number of rotatable bonds is 3. The highest BCUT2D eigenvalue weighted by atomic mass is 32.2. The van der Waals surface area contributed by atoms with Crippen LogP contribution in [0.1, 0.15) is 32.6 Å². The molecule has 1 saturated heterocycles. The van der Waals surface area contributed by atoms with Gasteiger partial charge in [0.05, 0.1) is 0 Å². The Kier molecular flexibility index (Phi) is 4.58. The average molecular weight is 285 g/mol. The molecule has 1 aromatic carbocycles. The molecule has 0 spiro atoms. The zero-order valence-corrected chi connectivity index (χ0v) is 12.0. The van der Waals surface area contributed by atoms with Crippen LogP contribution in [0.4, 0.5) is 4.39 Å². The molecular formula is C14H20FNO2S. The molecule has 0 saturated carbocycles. The van der Waals surface area contributed by atoms with Gasteiger partial charge in [0, 0.05) is 13.1 Å². The summed E-state index contributed by atoms with van der Waals surface area (Å²) >= 11 is 0. The minimum atomic E-state index is -3.69. The Morgan fingerprint density at radius 2 is 2.00 bits per heavy atom. The first kappa shape index (κ1) is 14.5. The van der Waals surface area contributed by atoms with Crippen molar-refractivity contribution in [3.05, 3.63) is 30.1 Å². The van der Waals surface area contributed by atoms with Gasteiger partial charge in [-0.3, -0.25) is 0 Å². The summed E-state index contributed by atoms with van der Waals surface area (Å²) in [5.74, 6) is -0.0837. The summed E-state index contributed by atoms with van der Waals surface area (Å²) in [7, 11) is -3.69. The lowest BCUT2D eigenvalue weighted by atomic mass is 9.98. The van der Waals surface area contributed by atoms with E-state index in [1.807, 2.05) is 0 Å². The van der Waals surface area contributed by atoms with Crippen LogP contribution in [0, 0.1) is 11.7 Å². The number of hydrogen-bond donors (Lipinski definition) is 0. The predicted octanol–water partition coefficient (Wildman–Crippen LogP) is 3.03. The van der Waals surface area contributed by atoms with Crippen LogP contribution in [0.2, 0.25) is 0 Å². The standard InChI is InChI=1S/C14H20FNO2S/c1-2-12-6-5-10-16(11-9-12)19(17,18)14-8-4-3-7-13(14)15/h3-4,7-8,12H,2,5-6,9-11H2,1H3. The van der Waals surface area contributed by atoms with E-state index in [1.54, 1.807) is 6.07 Å². The van der Waals surface area contributed by atoms with Crippen molar-refractivity contribution in [3.63, 3.8) is 0 Å². The molecule has 3 nitrogen and oxygen atoms in total. The van der Waals surface area contributed by atoms with Gasteiger partial charge in [-0.1, -0.05) is 25.5 Å². The molecule has 1 atom stereocenters. The van der Waals surface area contributed by atoms with Crippen molar-refractivity contribution in [2.75, 3.05) is 13.1 Å². The van der Waals surface area contributed by atoms with Crippen molar-refractivity contribution < 1.29 is 12.8 Å². The number of nitrogens with zero attached hydrogens (tertiary/aromatic N) is 1. The maximum absolute atomic E-state index is 13.7. The highest BCUT2D eigenvalue weighted by molar-refractivity contribution is 7.89. The highest BCUT2D eigenvalue weighted by Crippen LogP contribution is 2.25. The first-order valence-electron chi connectivity index (χ1n) is 6.80. The summed E-state index contributed by atoms with van der Waals surface area (Å²) < 4.78 is 40.0. The van der Waals surface area contributed by atoms with Gasteiger partial charge in [0.1, 0.15) is 10.7 Å². The van der Waals surface area contributed by atoms with Crippen LogP contribution in [0.5, 0.6) is 0 Å². The summed E-state index contributed by atoms with van der Waals surface area (Å²) in [4.78, 5) is -0.204. The van der Waals surface area contributed by atoms with Crippen LogP contribution >= 0.6 is 0 Å². The van der Waals surface area contributed by atoms with Crippen molar-refractivity contribution in [1.82, 2.24) is 4.31 Å². The second-order valence-corrected chi connectivity index (χ2v) is 6.95. The lowest BCUT2D eigenvalue weighted by molar-refractivity contribution is 0.405. The Labute approximate surface area is 114 Å². The van der Waals surface area contributed by atoms with Gasteiger partial charge in [0.2, 0.25) is 10.0 Å². The third-order valence-corrected chi connectivity index (χ3v) is 5.77. The monoisotopic (exact) mass is 285 g/mol. The molecule has 5 heteroatoms. The third-order valence-electron chi connectivity index (χ3n) is 3.84. The number of sulfonamides is 1. The summed E-state index contributed by atoms with van der Waals surface area (Å²) in [6.45, 7) is 3.12. The Morgan fingerprint density at radius 1 is 1.26 bits per heavy atom. The van der Waals surface area contributed by atoms with Crippen molar-refractivity contribution in [2.45, 2.75) is 37.5 Å². The Balaban J connectivity index is 2.23. The number of hydrogen-bond acceptors (Lipinski definition) is 2. The molecule has 2 rings (SSSR count). The summed E-state index contributed by atoms with van der Waals surface area (Å²) in [5, 5.41) is 0. The van der Waals surface area contributed by atoms with E-state index in [2.05, 4.69) is 6.92 Å². The smallest absolute Gasteiger partial charge is 0.207 e. The van der Waals surface area contributed by atoms with Crippen LogP contribution in [-0.2, 0) is 10.0 Å². The van der Waals surface area contributed by atoms with E-state index in [1.165, 1.54) is 22.5 Å². The normalized spacial score (nSPS) is 22.1. The van der Waals surface area contributed by atoms with Gasteiger partial charge < -0.3 is 0 Å². The van der Waals surface area contributed by atoms with Crippen LogP contribution in [0.3, 0.4) is 0 Å². The van der Waals surface area contributed by atoms with Gasteiger partial charge in [-0.25, -0.2) is 12.8 Å². The quantitative estimate of drug-likeness (QED) is 0.856. The van der Waals surface area contributed by atoms with Gasteiger partial charge in [0.15, 0.2) is 0 Å². The van der Waals surface area contributed by atoms with E-state index >= 15 is 0 Å². The largest absolute Gasteiger partial charge is 0.245 e. The van der Waals surface area contributed by atoms with Crippen molar-refractivity contribution in [3.8, 4) is 0 Å². The molecule has 0 bridgehead atoms. The van der Waals surface area contributed by atoms with Crippen molar-refractivity contribution in [1.29, 1.82) is 0 Å². The SMILES string of the molecule is CCC1CCCN(S(=O)(=O)c2ccccc2F)CC1. The third kappa shape index (κ3) is 3.15. The average Bonchev–Trinajstić information content (AvgIpc) is 2.64. The maximum atomic E-state index is 13.7. The topological polar surface area (TPSA) is 37.4 Å². The fraction of sp³-hybridized carbons (Fsp3) is 0.571. The molecule has 1 aromatic rings. The van der Waals surface area contributed by atoms with Crippen LogP contribution in [0.15, 0.2) is 29.2 Å². The molecule has 0 aromatic heterocycles. The fourth-order valence-electron chi connectivity index (χ4n) is 2.58. The molecule has 1 heterocycles. The van der Waals surface area contributed by atoms with E-state index in [9.17, 15) is 12.8 Å². The molecule has 0 amide bonds. The Morgan fingerprint density at radius 3 is 2.68 bits per heavy atom. The molecule has 0 radical (unpaired) electrons. The van der Waals surface area contributed by atoms with Crippen LogP contribution in [0.25, 0.3) is 0 Å². The maximum Gasteiger partial charge on any atom is 0.245 e. The second-order valence-electron chi connectivity index (χ2n) is 5.04. The first-order chi connectivity index (χ1) is 9.05. The minimum absolute atomic E-state index is 0.204. The zero-order chi connectivity index (χ0) is 13.9. The van der Waals surface area contributed by atoms with Gasteiger partial charge in [0.25, 0.3) is 0 Å². The van der Waals surface area contributed by atoms with Gasteiger partial charge >= 0.3 is 0 Å². The second kappa shape index (κ2) is 6.01. The summed E-state index contributed by atoms with van der Waals surface area (Å²) in [5.41, 5.74) is 0. The van der Waals surface area contributed by atoms with Gasteiger partial charge in [-0.05, 0) is 37.3 Å². The van der Waals surface area contributed by atoms with Crippen LogP contribution < -0.4 is 0 Å². The van der Waals surface area contributed by atoms with Gasteiger partial charge in [-0.2, -0.15) is 4.31 Å². The molecule has 0 aliphatic carbocycles. The lowest BCUT2D eigenvalue weighted by Gasteiger charge is -2.20. The molecule has 19 heavy (non-hydrogen) atoms. The number of benzene rings is 1. The molecule has 1 aliphatic rings. The Hall–Kier alpha value is -0.940. The lowest BCUT2D eigenvalue weighted by Crippen LogP contribution is -2.32. The molecule has 106 valence electrons. The van der Waals surface area contributed by atoms with E-state index in [4.69, 9.17) is 0 Å². The number of halogens is 1. The zero-order valence-electron chi connectivity index (χ0n) is 11.2. The molecule has 1 unspecified atom stereocenters. The molecule has 1 fully saturated rings. The summed E-state index contributed by atoms with van der Waals surface area (Å²) in [6, 6.07) is 5.60. The minimum Gasteiger partial charge on any atom is -0.207 e. The first-order valence-corrected chi connectivity index (χ1v) is 8.24. The van der Waals surface area contributed by atoms with E-state index in [0.717, 1.165) is 25.7 Å². The van der Waals surface area contributed by atoms with E-state index in [0.29, 0.717) is 19.0 Å². The van der Waals surface area contributed by atoms with E-state index in [-0.39, 0.29) is 4.90 Å². The molecule has 1 aliphatic heterocycles. The Bertz CT molecular complexity index is 530. The highest BCUT2D eigenvalue weighted by Gasteiger charge is 2.29. The fourth-order valence-corrected chi connectivity index (χ4v) is 4.14. The van der Waals surface area contributed by atoms with Crippen LogP contribution in [-0.4, -0.2) is 25.8 Å². The van der Waals surface area contributed by atoms with Crippen molar-refractivity contribution >= 4 is 10.0 Å².